The summed E-state index contributed by atoms with van der Waals surface area (Å²) in [6, 6.07) is 19.3. The summed E-state index contributed by atoms with van der Waals surface area (Å²) in [5.74, 6) is 2.18. The SMILES string of the molecule is Ic1cccc(CSCc2ccccc2)c1. The first-order valence-electron chi connectivity index (χ1n) is 5.21. The van der Waals surface area contributed by atoms with Gasteiger partial charge in [0, 0.05) is 15.1 Å². The minimum atomic E-state index is 1.09. The van der Waals surface area contributed by atoms with Crippen molar-refractivity contribution in [2.75, 3.05) is 0 Å². The van der Waals surface area contributed by atoms with Crippen LogP contribution in [-0.2, 0) is 11.5 Å². The predicted molar refractivity (Wildman–Crippen MR) is 80.6 cm³/mol. The molecule has 0 saturated carbocycles. The third kappa shape index (κ3) is 3.83. The van der Waals surface area contributed by atoms with E-state index in [9.17, 15) is 0 Å². The molecule has 2 aromatic rings. The Morgan fingerprint density at radius 2 is 1.50 bits per heavy atom. The average molecular weight is 340 g/mol. The number of benzene rings is 2. The maximum Gasteiger partial charge on any atom is 0.0188 e. The monoisotopic (exact) mass is 340 g/mol. The Morgan fingerprint density at radius 3 is 2.25 bits per heavy atom. The lowest BCUT2D eigenvalue weighted by Crippen LogP contribution is -1.83. The number of hydrogen-bond donors (Lipinski definition) is 0. The Labute approximate surface area is 115 Å². The van der Waals surface area contributed by atoms with Crippen molar-refractivity contribution in [3.8, 4) is 0 Å². The van der Waals surface area contributed by atoms with E-state index >= 15 is 0 Å². The summed E-state index contributed by atoms with van der Waals surface area (Å²) in [4.78, 5) is 0. The number of hydrogen-bond acceptors (Lipinski definition) is 1. The van der Waals surface area contributed by atoms with Gasteiger partial charge in [0.1, 0.15) is 0 Å². The van der Waals surface area contributed by atoms with Crippen molar-refractivity contribution in [3.05, 3.63) is 69.3 Å². The second kappa shape index (κ2) is 6.30. The van der Waals surface area contributed by atoms with Gasteiger partial charge in [-0.2, -0.15) is 11.8 Å². The van der Waals surface area contributed by atoms with Gasteiger partial charge in [0.05, 0.1) is 0 Å². The molecule has 0 saturated heterocycles. The fraction of sp³-hybridized carbons (Fsp3) is 0.143. The molecule has 0 radical (unpaired) electrons. The molecule has 0 aliphatic heterocycles. The van der Waals surface area contributed by atoms with Crippen LogP contribution in [0.5, 0.6) is 0 Å². The van der Waals surface area contributed by atoms with Crippen LogP contribution in [-0.4, -0.2) is 0 Å². The number of thioether (sulfide) groups is 1. The third-order valence-corrected chi connectivity index (χ3v) is 4.02. The van der Waals surface area contributed by atoms with Crippen molar-refractivity contribution in [1.29, 1.82) is 0 Å². The molecule has 82 valence electrons. The Hall–Kier alpha value is -0.480. The van der Waals surface area contributed by atoms with Gasteiger partial charge in [-0.15, -0.1) is 0 Å². The van der Waals surface area contributed by atoms with Gasteiger partial charge in [-0.3, -0.25) is 0 Å². The highest BCUT2D eigenvalue weighted by Gasteiger charge is 1.96. The molecule has 0 unspecified atom stereocenters. The normalized spacial score (nSPS) is 10.3. The topological polar surface area (TPSA) is 0 Å². The van der Waals surface area contributed by atoms with Gasteiger partial charge in [-0.1, -0.05) is 42.5 Å². The van der Waals surface area contributed by atoms with Gasteiger partial charge < -0.3 is 0 Å². The molecule has 0 aromatic heterocycles. The Balaban J connectivity index is 1.85. The number of halogens is 1. The molecule has 2 heteroatoms. The van der Waals surface area contributed by atoms with Crippen LogP contribution in [0.3, 0.4) is 0 Å². The van der Waals surface area contributed by atoms with Gasteiger partial charge in [0.2, 0.25) is 0 Å². The van der Waals surface area contributed by atoms with Crippen LogP contribution in [0.4, 0.5) is 0 Å². The van der Waals surface area contributed by atoms with E-state index in [-0.39, 0.29) is 0 Å². The standard InChI is InChI=1S/C14H13IS/c15-14-8-4-7-13(9-14)11-16-10-12-5-2-1-3-6-12/h1-9H,10-11H2. The van der Waals surface area contributed by atoms with E-state index in [1.165, 1.54) is 14.7 Å². The lowest BCUT2D eigenvalue weighted by atomic mass is 10.2. The fourth-order valence-corrected chi connectivity index (χ4v) is 3.04. The minimum Gasteiger partial charge on any atom is -0.152 e. The second-order valence-electron chi connectivity index (χ2n) is 3.61. The molecule has 0 atom stereocenters. The first-order valence-corrected chi connectivity index (χ1v) is 7.44. The van der Waals surface area contributed by atoms with Gasteiger partial charge in [0.25, 0.3) is 0 Å². The molecular formula is C14H13IS. The van der Waals surface area contributed by atoms with E-state index in [0.717, 1.165) is 11.5 Å². The summed E-state index contributed by atoms with van der Waals surface area (Å²) in [5, 5.41) is 0. The van der Waals surface area contributed by atoms with Gasteiger partial charge >= 0.3 is 0 Å². The molecule has 0 aliphatic carbocycles. The van der Waals surface area contributed by atoms with E-state index in [4.69, 9.17) is 0 Å². The number of rotatable bonds is 4. The van der Waals surface area contributed by atoms with E-state index in [2.05, 4.69) is 77.2 Å². The Morgan fingerprint density at radius 1 is 0.812 bits per heavy atom. The molecule has 2 aromatic carbocycles. The maximum absolute atomic E-state index is 2.36. The van der Waals surface area contributed by atoms with Crippen molar-refractivity contribution in [2.24, 2.45) is 0 Å². The second-order valence-corrected chi connectivity index (χ2v) is 5.84. The molecule has 0 heterocycles. The van der Waals surface area contributed by atoms with E-state index < -0.39 is 0 Å². The molecule has 0 bridgehead atoms. The molecular weight excluding hydrogens is 327 g/mol. The van der Waals surface area contributed by atoms with Gasteiger partial charge in [-0.25, -0.2) is 0 Å². The molecule has 0 nitrogen and oxygen atoms in total. The molecule has 2 rings (SSSR count). The Kier molecular flexibility index (Phi) is 4.72. The highest BCUT2D eigenvalue weighted by molar-refractivity contribution is 14.1. The van der Waals surface area contributed by atoms with E-state index in [1.54, 1.807) is 0 Å². The summed E-state index contributed by atoms with van der Waals surface area (Å²) in [6.07, 6.45) is 0. The van der Waals surface area contributed by atoms with Crippen LogP contribution in [0.25, 0.3) is 0 Å². The van der Waals surface area contributed by atoms with Crippen molar-refractivity contribution in [2.45, 2.75) is 11.5 Å². The average Bonchev–Trinajstić information content (AvgIpc) is 2.30. The molecule has 0 spiro atoms. The summed E-state index contributed by atoms with van der Waals surface area (Å²) in [5.41, 5.74) is 2.81. The van der Waals surface area contributed by atoms with Crippen LogP contribution in [0.2, 0.25) is 0 Å². The zero-order valence-electron chi connectivity index (χ0n) is 8.90. The molecule has 0 N–H and O–H groups in total. The van der Waals surface area contributed by atoms with Crippen molar-refractivity contribution in [3.63, 3.8) is 0 Å². The van der Waals surface area contributed by atoms with Crippen LogP contribution in [0.15, 0.2) is 54.6 Å². The summed E-state index contributed by atoms with van der Waals surface area (Å²) >= 11 is 4.32. The zero-order valence-corrected chi connectivity index (χ0v) is 11.9. The summed E-state index contributed by atoms with van der Waals surface area (Å²) in [6.45, 7) is 0. The van der Waals surface area contributed by atoms with Gasteiger partial charge in [0.15, 0.2) is 0 Å². The van der Waals surface area contributed by atoms with E-state index in [0.29, 0.717) is 0 Å². The summed E-state index contributed by atoms with van der Waals surface area (Å²) in [7, 11) is 0. The zero-order chi connectivity index (χ0) is 11.2. The molecule has 0 amide bonds. The first-order chi connectivity index (χ1) is 7.84. The lowest BCUT2D eigenvalue weighted by Gasteiger charge is -2.02. The summed E-state index contributed by atoms with van der Waals surface area (Å²) < 4.78 is 1.32. The van der Waals surface area contributed by atoms with Crippen molar-refractivity contribution in [1.82, 2.24) is 0 Å². The van der Waals surface area contributed by atoms with Crippen LogP contribution in [0.1, 0.15) is 11.1 Å². The van der Waals surface area contributed by atoms with Crippen molar-refractivity contribution < 1.29 is 0 Å². The lowest BCUT2D eigenvalue weighted by molar-refractivity contribution is 1.36. The highest BCUT2D eigenvalue weighted by atomic mass is 127. The van der Waals surface area contributed by atoms with Gasteiger partial charge in [-0.05, 0) is 45.9 Å². The molecule has 0 aliphatic rings. The highest BCUT2D eigenvalue weighted by Crippen LogP contribution is 2.18. The van der Waals surface area contributed by atoms with E-state index in [1.807, 2.05) is 11.8 Å². The third-order valence-electron chi connectivity index (χ3n) is 2.27. The van der Waals surface area contributed by atoms with Crippen LogP contribution >= 0.6 is 34.4 Å². The molecule has 0 fully saturated rings. The Bertz CT molecular complexity index is 439. The maximum atomic E-state index is 2.36. The smallest absolute Gasteiger partial charge is 0.0188 e. The molecule has 16 heavy (non-hydrogen) atoms. The van der Waals surface area contributed by atoms with Crippen molar-refractivity contribution >= 4 is 34.4 Å². The first kappa shape index (κ1) is 12.0. The quantitative estimate of drug-likeness (QED) is 0.726. The van der Waals surface area contributed by atoms with Crippen LogP contribution in [0, 0.1) is 3.57 Å². The largest absolute Gasteiger partial charge is 0.152 e. The van der Waals surface area contributed by atoms with Crippen LogP contribution < -0.4 is 0 Å². The fourth-order valence-electron chi connectivity index (χ4n) is 1.49. The minimum absolute atomic E-state index is 1.09. The predicted octanol–water partition coefficient (Wildman–Crippen LogP) is 4.72.